The maximum Gasteiger partial charge on any atom is 0.161 e. The maximum absolute atomic E-state index is 5.40. The van der Waals surface area contributed by atoms with Gasteiger partial charge in [0.1, 0.15) is 5.75 Å². The van der Waals surface area contributed by atoms with Crippen molar-refractivity contribution >= 4 is 38.5 Å². The number of methoxy groups -OCH3 is 1. The number of ether oxygens (including phenoxy) is 1. The molecule has 5 heteroatoms. The van der Waals surface area contributed by atoms with Crippen LogP contribution >= 0.6 is 27.7 Å². The second-order valence-electron chi connectivity index (χ2n) is 5.33. The van der Waals surface area contributed by atoms with E-state index in [2.05, 4.69) is 21.2 Å². The van der Waals surface area contributed by atoms with E-state index in [9.17, 15) is 0 Å². The van der Waals surface area contributed by atoms with Gasteiger partial charge in [0.25, 0.3) is 0 Å². The minimum atomic E-state index is 0.519. The summed E-state index contributed by atoms with van der Waals surface area (Å²) >= 11 is 5.34. The van der Waals surface area contributed by atoms with Crippen molar-refractivity contribution in [2.45, 2.75) is 31.7 Å². The minimum Gasteiger partial charge on any atom is -0.495 e. The van der Waals surface area contributed by atoms with Gasteiger partial charge in [-0.1, -0.05) is 40.5 Å². The van der Waals surface area contributed by atoms with Crippen LogP contribution in [-0.2, 0) is 0 Å². The summed E-state index contributed by atoms with van der Waals surface area (Å²) in [6, 6.07) is 6.50. The van der Waals surface area contributed by atoms with Gasteiger partial charge in [-0.2, -0.15) is 0 Å². The molecule has 0 saturated heterocycles. The summed E-state index contributed by atoms with van der Waals surface area (Å²) in [6.07, 6.45) is 5.28. The molecule has 1 aromatic carbocycles. The molecule has 1 saturated carbocycles. The second-order valence-corrected chi connectivity index (χ2v) is 7.25. The Kier molecular flexibility index (Phi) is 4.56. The van der Waals surface area contributed by atoms with Crippen molar-refractivity contribution < 1.29 is 4.74 Å². The predicted octanol–water partition coefficient (Wildman–Crippen LogP) is 4.53. The number of halogens is 1. The van der Waals surface area contributed by atoms with Gasteiger partial charge in [0.15, 0.2) is 5.17 Å². The molecule has 20 heavy (non-hydrogen) atoms. The number of benzene rings is 1. The Morgan fingerprint density at radius 2 is 2.20 bits per heavy atom. The van der Waals surface area contributed by atoms with Gasteiger partial charge in [-0.15, -0.1) is 0 Å². The van der Waals surface area contributed by atoms with Crippen molar-refractivity contribution in [2.24, 2.45) is 10.9 Å². The molecule has 1 aromatic rings. The summed E-state index contributed by atoms with van der Waals surface area (Å²) in [5, 5.41) is 4.46. The highest BCUT2D eigenvalue weighted by molar-refractivity contribution is 9.10. The lowest BCUT2D eigenvalue weighted by Crippen LogP contribution is -2.31. The average molecular weight is 355 g/mol. The van der Waals surface area contributed by atoms with E-state index in [0.29, 0.717) is 6.04 Å². The molecule has 0 amide bonds. The van der Waals surface area contributed by atoms with E-state index < -0.39 is 0 Å². The van der Waals surface area contributed by atoms with Crippen LogP contribution in [-0.4, -0.2) is 24.1 Å². The first-order valence-electron chi connectivity index (χ1n) is 7.07. The molecule has 2 aliphatic rings. The van der Waals surface area contributed by atoms with E-state index in [-0.39, 0.29) is 0 Å². The molecule has 1 aliphatic carbocycles. The van der Waals surface area contributed by atoms with E-state index >= 15 is 0 Å². The monoisotopic (exact) mass is 354 g/mol. The normalized spacial score (nSPS) is 25.6. The number of fused-ring (bicyclic) bond motifs is 1. The standard InChI is InChI=1S/C15H19BrN2OS/c1-19-14-7-6-11(16)8-13(14)18-15-17-12-5-3-2-4-10(12)9-20-15/h6-8,10,12H,2-5,9H2,1H3,(H,17,18). The number of amidine groups is 1. The molecular formula is C15H19BrN2OS. The Hall–Kier alpha value is -0.680. The van der Waals surface area contributed by atoms with Crippen molar-refractivity contribution in [3.8, 4) is 5.75 Å². The molecule has 108 valence electrons. The van der Waals surface area contributed by atoms with E-state index in [4.69, 9.17) is 9.73 Å². The number of nitrogens with zero attached hydrogens (tertiary/aromatic N) is 1. The summed E-state index contributed by atoms with van der Waals surface area (Å²) in [7, 11) is 1.70. The Balaban J connectivity index is 1.77. The van der Waals surface area contributed by atoms with E-state index in [1.807, 2.05) is 30.0 Å². The zero-order valence-corrected chi connectivity index (χ0v) is 14.0. The fraction of sp³-hybridized carbons (Fsp3) is 0.533. The third-order valence-electron chi connectivity index (χ3n) is 3.99. The number of rotatable bonds is 2. The van der Waals surface area contributed by atoms with Crippen molar-refractivity contribution in [3.63, 3.8) is 0 Å². The SMILES string of the molecule is COc1ccc(Br)cc1NC1=NC2CCCCC2CS1. The van der Waals surface area contributed by atoms with Crippen LogP contribution in [0.25, 0.3) is 0 Å². The summed E-state index contributed by atoms with van der Waals surface area (Å²) in [5.41, 5.74) is 0.974. The molecule has 0 spiro atoms. The van der Waals surface area contributed by atoms with Crippen LogP contribution in [0.4, 0.5) is 5.69 Å². The highest BCUT2D eigenvalue weighted by Crippen LogP contribution is 2.35. The van der Waals surface area contributed by atoms with Crippen LogP contribution in [0.15, 0.2) is 27.7 Å². The van der Waals surface area contributed by atoms with Crippen molar-refractivity contribution in [2.75, 3.05) is 18.2 Å². The fourth-order valence-corrected chi connectivity index (χ4v) is 4.40. The van der Waals surface area contributed by atoms with Gasteiger partial charge in [-0.3, -0.25) is 4.99 Å². The van der Waals surface area contributed by atoms with Crippen molar-refractivity contribution in [1.82, 2.24) is 0 Å². The first-order valence-corrected chi connectivity index (χ1v) is 8.85. The van der Waals surface area contributed by atoms with E-state index in [1.165, 1.54) is 31.4 Å². The summed E-state index contributed by atoms with van der Waals surface area (Å²) < 4.78 is 6.44. The number of anilines is 1. The smallest absolute Gasteiger partial charge is 0.161 e. The number of nitrogens with one attached hydrogen (secondary N) is 1. The molecule has 0 radical (unpaired) electrons. The predicted molar refractivity (Wildman–Crippen MR) is 90.0 cm³/mol. The largest absolute Gasteiger partial charge is 0.495 e. The molecule has 0 bridgehead atoms. The maximum atomic E-state index is 5.40. The lowest BCUT2D eigenvalue weighted by Gasteiger charge is -2.32. The first-order chi connectivity index (χ1) is 9.76. The second kappa shape index (κ2) is 6.39. The number of hydrogen-bond donors (Lipinski definition) is 1. The van der Waals surface area contributed by atoms with Gasteiger partial charge >= 0.3 is 0 Å². The average Bonchev–Trinajstić information content (AvgIpc) is 2.47. The molecule has 0 aromatic heterocycles. The Bertz CT molecular complexity index is 521. The zero-order chi connectivity index (χ0) is 13.9. The number of hydrogen-bond acceptors (Lipinski definition) is 4. The summed E-state index contributed by atoms with van der Waals surface area (Å²) in [5.74, 6) is 2.82. The lowest BCUT2D eigenvalue weighted by atomic mass is 9.86. The zero-order valence-electron chi connectivity index (χ0n) is 11.6. The number of aliphatic imine (C=N–C) groups is 1. The Labute approximate surface area is 132 Å². The molecule has 1 fully saturated rings. The lowest BCUT2D eigenvalue weighted by molar-refractivity contribution is 0.336. The summed E-state index contributed by atoms with van der Waals surface area (Å²) in [4.78, 5) is 4.90. The highest BCUT2D eigenvalue weighted by atomic mass is 79.9. The van der Waals surface area contributed by atoms with Crippen LogP contribution in [0.5, 0.6) is 5.75 Å². The summed E-state index contributed by atoms with van der Waals surface area (Å²) in [6.45, 7) is 0. The van der Waals surface area contributed by atoms with Gasteiger partial charge in [0, 0.05) is 10.2 Å². The van der Waals surface area contributed by atoms with Crippen LogP contribution in [0, 0.1) is 5.92 Å². The molecule has 2 unspecified atom stereocenters. The molecule has 3 rings (SSSR count). The third kappa shape index (κ3) is 3.14. The Morgan fingerprint density at radius 1 is 1.35 bits per heavy atom. The van der Waals surface area contributed by atoms with E-state index in [0.717, 1.165) is 27.0 Å². The van der Waals surface area contributed by atoms with Crippen LogP contribution < -0.4 is 10.1 Å². The molecule has 1 aliphatic heterocycles. The Morgan fingerprint density at radius 3 is 3.05 bits per heavy atom. The van der Waals surface area contributed by atoms with Gasteiger partial charge in [0.05, 0.1) is 18.8 Å². The van der Waals surface area contributed by atoms with Crippen LogP contribution in [0.2, 0.25) is 0 Å². The molecule has 2 atom stereocenters. The molecule has 1 N–H and O–H groups in total. The topological polar surface area (TPSA) is 33.6 Å². The van der Waals surface area contributed by atoms with Crippen LogP contribution in [0.1, 0.15) is 25.7 Å². The molecule has 3 nitrogen and oxygen atoms in total. The highest BCUT2D eigenvalue weighted by Gasteiger charge is 2.29. The third-order valence-corrected chi connectivity index (χ3v) is 5.56. The van der Waals surface area contributed by atoms with Crippen molar-refractivity contribution in [3.05, 3.63) is 22.7 Å². The van der Waals surface area contributed by atoms with Gasteiger partial charge in [0.2, 0.25) is 0 Å². The minimum absolute atomic E-state index is 0.519. The van der Waals surface area contributed by atoms with Gasteiger partial charge < -0.3 is 10.1 Å². The molecular weight excluding hydrogens is 336 g/mol. The van der Waals surface area contributed by atoms with Crippen LogP contribution in [0.3, 0.4) is 0 Å². The van der Waals surface area contributed by atoms with E-state index in [1.54, 1.807) is 7.11 Å². The van der Waals surface area contributed by atoms with Crippen molar-refractivity contribution in [1.29, 1.82) is 0 Å². The van der Waals surface area contributed by atoms with Gasteiger partial charge in [-0.25, -0.2) is 0 Å². The molecule has 1 heterocycles. The fourth-order valence-electron chi connectivity index (χ4n) is 2.89. The first kappa shape index (κ1) is 14.3. The number of thioether (sulfide) groups is 1. The quantitative estimate of drug-likeness (QED) is 0.846. The van der Waals surface area contributed by atoms with Gasteiger partial charge in [-0.05, 0) is 37.0 Å².